The van der Waals surface area contributed by atoms with Gasteiger partial charge in [-0.2, -0.15) is 0 Å². The molecule has 8 aromatic carbocycles. The topological polar surface area (TPSA) is 4.93 Å². The van der Waals surface area contributed by atoms with Gasteiger partial charge in [0.15, 0.2) is 0 Å². The molecule has 10 rings (SSSR count). The van der Waals surface area contributed by atoms with E-state index in [4.69, 9.17) is 0 Å². The van der Waals surface area contributed by atoms with Crippen molar-refractivity contribution in [3.05, 3.63) is 176 Å². The Morgan fingerprint density at radius 1 is 0.298 bits per heavy atom. The summed E-state index contributed by atoms with van der Waals surface area (Å²) in [5.74, 6) is 0. The van der Waals surface area contributed by atoms with Gasteiger partial charge in [-0.05, 0) is 103 Å². The van der Waals surface area contributed by atoms with Gasteiger partial charge in [0.2, 0.25) is 0 Å². The minimum absolute atomic E-state index is 1.18. The van der Waals surface area contributed by atoms with Gasteiger partial charge >= 0.3 is 0 Å². The smallest absolute Gasteiger partial charge is 0.0541 e. The second-order valence-electron chi connectivity index (χ2n) is 12.5. The Morgan fingerprint density at radius 3 is 1.53 bits per heavy atom. The average molecular weight is 596 g/mol. The van der Waals surface area contributed by atoms with E-state index in [9.17, 15) is 0 Å². The van der Waals surface area contributed by atoms with Gasteiger partial charge in [-0.15, -0.1) is 0 Å². The average Bonchev–Trinajstić information content (AvgIpc) is 3.65. The zero-order valence-electron chi connectivity index (χ0n) is 25.7. The Morgan fingerprint density at radius 2 is 0.830 bits per heavy atom. The maximum Gasteiger partial charge on any atom is 0.0541 e. The van der Waals surface area contributed by atoms with Crippen LogP contribution in [0, 0.1) is 0 Å². The first kappa shape index (κ1) is 26.1. The summed E-state index contributed by atoms with van der Waals surface area (Å²) in [5, 5.41) is 5.23. The largest absolute Gasteiger partial charge is 0.309 e. The summed E-state index contributed by atoms with van der Waals surface area (Å²) in [6, 6.07) is 64.4. The standard InChI is InChI=1S/C46H29N/c1-2-10-37(11-3-1)47-44-15-5-4-12-39(44)43-29-36(25-27-45(43)47)33-22-18-31(19-23-33)30-16-20-32(21-17-30)35-24-26-38-40-13-6-8-34-9-7-14-41(46(34)40)42(38)28-35/h1-29H. The zero-order chi connectivity index (χ0) is 30.9. The maximum atomic E-state index is 2.36. The lowest BCUT2D eigenvalue weighted by molar-refractivity contribution is 1.18. The Labute approximate surface area is 273 Å². The fourth-order valence-electron chi connectivity index (χ4n) is 7.69. The zero-order valence-corrected chi connectivity index (χ0v) is 25.7. The molecular formula is C46H29N. The molecule has 218 valence electrons. The lowest BCUT2D eigenvalue weighted by Gasteiger charge is -2.10. The van der Waals surface area contributed by atoms with E-state index < -0.39 is 0 Å². The number of benzene rings is 8. The molecule has 0 radical (unpaired) electrons. The monoisotopic (exact) mass is 595 g/mol. The van der Waals surface area contributed by atoms with Gasteiger partial charge in [0.25, 0.3) is 0 Å². The summed E-state index contributed by atoms with van der Waals surface area (Å²) >= 11 is 0. The second-order valence-corrected chi connectivity index (χ2v) is 12.5. The van der Waals surface area contributed by atoms with Crippen LogP contribution >= 0.6 is 0 Å². The quantitative estimate of drug-likeness (QED) is 0.191. The van der Waals surface area contributed by atoms with E-state index in [1.807, 2.05) is 0 Å². The molecule has 0 amide bonds. The van der Waals surface area contributed by atoms with Crippen molar-refractivity contribution in [2.75, 3.05) is 0 Å². The van der Waals surface area contributed by atoms with E-state index in [0.29, 0.717) is 0 Å². The molecule has 0 fully saturated rings. The summed E-state index contributed by atoms with van der Waals surface area (Å²) in [5.41, 5.74) is 16.4. The Balaban J connectivity index is 0.959. The number of para-hydroxylation sites is 2. The van der Waals surface area contributed by atoms with E-state index in [1.165, 1.54) is 93.9 Å². The first-order valence-corrected chi connectivity index (χ1v) is 16.3. The first-order valence-electron chi connectivity index (χ1n) is 16.3. The molecule has 0 N–H and O–H groups in total. The van der Waals surface area contributed by atoms with Crippen LogP contribution in [0.5, 0.6) is 0 Å². The third-order valence-corrected chi connectivity index (χ3v) is 9.96. The molecule has 1 aromatic heterocycles. The summed E-state index contributed by atoms with van der Waals surface area (Å²) in [6.07, 6.45) is 0. The summed E-state index contributed by atoms with van der Waals surface area (Å²) in [4.78, 5) is 0. The molecule has 1 nitrogen and oxygen atoms in total. The highest BCUT2D eigenvalue weighted by atomic mass is 15.0. The minimum atomic E-state index is 1.18. The molecule has 0 saturated heterocycles. The lowest BCUT2D eigenvalue weighted by Crippen LogP contribution is -1.92. The van der Waals surface area contributed by atoms with Gasteiger partial charge in [-0.3, -0.25) is 0 Å². The Kier molecular flexibility index (Phi) is 5.64. The van der Waals surface area contributed by atoms with Crippen LogP contribution in [0.4, 0.5) is 0 Å². The highest BCUT2D eigenvalue weighted by Gasteiger charge is 2.21. The third kappa shape index (κ3) is 4.03. The molecule has 1 heterocycles. The van der Waals surface area contributed by atoms with Crippen molar-refractivity contribution >= 4 is 32.6 Å². The van der Waals surface area contributed by atoms with Crippen molar-refractivity contribution in [1.82, 2.24) is 4.57 Å². The molecule has 0 spiro atoms. The Hall–Kier alpha value is -6.18. The molecule has 0 saturated carbocycles. The number of aromatic nitrogens is 1. The molecule has 0 unspecified atom stereocenters. The van der Waals surface area contributed by atoms with Gasteiger partial charge in [-0.25, -0.2) is 0 Å². The van der Waals surface area contributed by atoms with Crippen molar-refractivity contribution in [3.8, 4) is 61.3 Å². The highest BCUT2D eigenvalue weighted by Crippen LogP contribution is 2.48. The summed E-state index contributed by atoms with van der Waals surface area (Å²) in [7, 11) is 0. The molecule has 0 bridgehead atoms. The SMILES string of the molecule is c1ccc(-n2c3ccccc3c3cc(-c4ccc(-c5ccc(-c6ccc7c(c6)-c6cccc8cccc-7c68)cc5)cc4)ccc32)cc1. The molecule has 9 aromatic rings. The van der Waals surface area contributed by atoms with Crippen LogP contribution in [-0.4, -0.2) is 4.57 Å². The molecule has 47 heavy (non-hydrogen) atoms. The number of hydrogen-bond donors (Lipinski definition) is 0. The van der Waals surface area contributed by atoms with Gasteiger partial charge < -0.3 is 4.57 Å². The van der Waals surface area contributed by atoms with E-state index in [1.54, 1.807) is 0 Å². The van der Waals surface area contributed by atoms with E-state index in [-0.39, 0.29) is 0 Å². The highest BCUT2D eigenvalue weighted by molar-refractivity contribution is 6.15. The van der Waals surface area contributed by atoms with Crippen LogP contribution in [0.3, 0.4) is 0 Å². The van der Waals surface area contributed by atoms with Crippen LogP contribution in [0.2, 0.25) is 0 Å². The van der Waals surface area contributed by atoms with Gasteiger partial charge in [0.05, 0.1) is 11.0 Å². The summed E-state index contributed by atoms with van der Waals surface area (Å²) in [6.45, 7) is 0. The van der Waals surface area contributed by atoms with Crippen molar-refractivity contribution in [3.63, 3.8) is 0 Å². The molecule has 1 aliphatic carbocycles. The van der Waals surface area contributed by atoms with Crippen molar-refractivity contribution in [2.24, 2.45) is 0 Å². The number of hydrogen-bond acceptors (Lipinski definition) is 0. The van der Waals surface area contributed by atoms with E-state index in [2.05, 4.69) is 180 Å². The third-order valence-electron chi connectivity index (χ3n) is 9.96. The molecule has 0 aliphatic heterocycles. The number of nitrogens with zero attached hydrogens (tertiary/aromatic N) is 1. The van der Waals surface area contributed by atoms with Crippen molar-refractivity contribution < 1.29 is 0 Å². The maximum absolute atomic E-state index is 2.36. The van der Waals surface area contributed by atoms with E-state index in [0.717, 1.165) is 0 Å². The lowest BCUT2D eigenvalue weighted by atomic mass is 9.95. The van der Waals surface area contributed by atoms with Crippen molar-refractivity contribution in [2.45, 2.75) is 0 Å². The molecule has 1 aliphatic rings. The predicted molar refractivity (Wildman–Crippen MR) is 199 cm³/mol. The molecule has 0 atom stereocenters. The van der Waals surface area contributed by atoms with Crippen LogP contribution in [0.1, 0.15) is 0 Å². The van der Waals surface area contributed by atoms with Crippen molar-refractivity contribution in [1.29, 1.82) is 0 Å². The molecular weight excluding hydrogens is 567 g/mol. The van der Waals surface area contributed by atoms with E-state index >= 15 is 0 Å². The van der Waals surface area contributed by atoms with Crippen LogP contribution in [-0.2, 0) is 0 Å². The van der Waals surface area contributed by atoms with Gasteiger partial charge in [-0.1, -0.05) is 140 Å². The summed E-state index contributed by atoms with van der Waals surface area (Å²) < 4.78 is 2.36. The number of fused-ring (bicyclic) bond motifs is 6. The Bertz CT molecular complexity index is 2630. The van der Waals surface area contributed by atoms with Gasteiger partial charge in [0.1, 0.15) is 0 Å². The predicted octanol–water partition coefficient (Wildman–Crippen LogP) is 12.6. The fraction of sp³-hybridized carbons (Fsp3) is 0. The first-order chi connectivity index (χ1) is 23.3. The normalized spacial score (nSPS) is 11.8. The van der Waals surface area contributed by atoms with Crippen LogP contribution in [0.15, 0.2) is 176 Å². The minimum Gasteiger partial charge on any atom is -0.309 e. The molecule has 1 heteroatoms. The van der Waals surface area contributed by atoms with Crippen LogP contribution < -0.4 is 0 Å². The van der Waals surface area contributed by atoms with Gasteiger partial charge in [0, 0.05) is 16.5 Å². The second kappa shape index (κ2) is 10.2. The number of rotatable bonds is 4. The fourth-order valence-corrected chi connectivity index (χ4v) is 7.69. The van der Waals surface area contributed by atoms with Crippen LogP contribution in [0.25, 0.3) is 93.9 Å².